The molecule has 0 bridgehead atoms. The summed E-state index contributed by atoms with van der Waals surface area (Å²) in [4.78, 5) is 99.7. The van der Waals surface area contributed by atoms with Crippen molar-refractivity contribution in [1.82, 2.24) is 29.7 Å². The van der Waals surface area contributed by atoms with E-state index >= 15 is 0 Å². The zero-order valence-electron chi connectivity index (χ0n) is 36.8. The van der Waals surface area contributed by atoms with Gasteiger partial charge < -0.3 is 20.4 Å². The van der Waals surface area contributed by atoms with Crippen molar-refractivity contribution in [2.75, 3.05) is 54.0 Å². The Kier molecular flexibility index (Phi) is 15.3. The van der Waals surface area contributed by atoms with E-state index in [-0.39, 0.29) is 35.6 Å². The number of aromatic nitrogens is 4. The number of nitrogens with zero attached hydrogens (tertiary/aromatic N) is 5. The van der Waals surface area contributed by atoms with Gasteiger partial charge in [-0.3, -0.25) is 34.8 Å². The molecule has 0 radical (unpaired) electrons. The normalized spacial score (nSPS) is 16.0. The second-order valence-corrected chi connectivity index (χ2v) is 20.1. The number of ketones is 2. The molecule has 2 saturated carbocycles. The van der Waals surface area contributed by atoms with Crippen molar-refractivity contribution < 1.29 is 33.5 Å². The number of H-pyrrole nitrogens is 1. The van der Waals surface area contributed by atoms with Crippen LogP contribution in [0.3, 0.4) is 0 Å². The second kappa shape index (κ2) is 21.7. The predicted molar refractivity (Wildman–Crippen MR) is 255 cm³/mol. The van der Waals surface area contributed by atoms with Crippen LogP contribution in [-0.4, -0.2) is 98.0 Å². The molecule has 1 aliphatic heterocycles. The number of piperazine rings is 1. The molecule has 17 nitrogen and oxygen atoms in total. The smallest absolute Gasteiger partial charge is 0.366 e. The van der Waals surface area contributed by atoms with Crippen molar-refractivity contribution in [3.05, 3.63) is 92.7 Å². The van der Waals surface area contributed by atoms with Gasteiger partial charge in [0.25, 0.3) is 0 Å². The number of ether oxygens (including phenoxy) is 1. The number of aromatic amines is 1. The first-order valence-corrected chi connectivity index (χ1v) is 24.8. The van der Waals surface area contributed by atoms with Gasteiger partial charge in [0.05, 0.1) is 17.9 Å². The quantitative estimate of drug-likeness (QED) is 0.0271. The summed E-state index contributed by atoms with van der Waals surface area (Å²) in [6.07, 6.45) is 12.5. The third kappa shape index (κ3) is 12.3. The van der Waals surface area contributed by atoms with Gasteiger partial charge in [0.2, 0.25) is 0 Å². The SMILES string of the molecule is Cc1ccc(NC(=O)Nc2ncc(CSc3nc(C(=O)OC(=O)CN4CCN(Cc5cnc(NC(=O)Nc6ccc(C)cc6C(=O)C6CCCC6)s5)CC4)c[nH]3)s2)c(C(=O)C2CCCC2)c1. The van der Waals surface area contributed by atoms with E-state index in [1.807, 2.05) is 43.0 Å². The molecule has 4 amide bonds. The molecule has 5 aromatic rings. The van der Waals surface area contributed by atoms with Gasteiger partial charge in [0.15, 0.2) is 32.7 Å². The fraction of sp³-hybridized carbons (Fsp3) is 0.413. The van der Waals surface area contributed by atoms with Gasteiger partial charge in [-0.15, -0.1) is 22.7 Å². The number of esters is 2. The van der Waals surface area contributed by atoms with Crippen LogP contribution in [0.15, 0.2) is 60.1 Å². The minimum Gasteiger partial charge on any atom is -0.387 e. The number of aryl methyl sites for hydroxylation is 2. The Bertz CT molecular complexity index is 2590. The number of amides is 4. The van der Waals surface area contributed by atoms with Crippen molar-refractivity contribution >= 4 is 91.6 Å². The average molecular weight is 953 g/mol. The molecule has 4 heterocycles. The van der Waals surface area contributed by atoms with E-state index < -0.39 is 24.0 Å². The first kappa shape index (κ1) is 46.7. The highest BCUT2D eigenvalue weighted by Crippen LogP contribution is 2.33. The van der Waals surface area contributed by atoms with Crippen LogP contribution < -0.4 is 21.3 Å². The van der Waals surface area contributed by atoms with E-state index in [1.54, 1.807) is 24.5 Å². The summed E-state index contributed by atoms with van der Waals surface area (Å²) in [5, 5.41) is 12.5. The maximum atomic E-state index is 13.2. The van der Waals surface area contributed by atoms with Gasteiger partial charge in [-0.25, -0.2) is 29.3 Å². The van der Waals surface area contributed by atoms with Gasteiger partial charge in [-0.1, -0.05) is 60.7 Å². The molecule has 0 spiro atoms. The van der Waals surface area contributed by atoms with Crippen LogP contribution in [0.25, 0.3) is 0 Å². The minimum absolute atomic E-state index is 0.00168. The lowest BCUT2D eigenvalue weighted by Crippen LogP contribution is -2.47. The van der Waals surface area contributed by atoms with E-state index in [1.165, 1.54) is 40.6 Å². The molecule has 3 aliphatic rings. The van der Waals surface area contributed by atoms with Crippen LogP contribution >= 0.6 is 34.4 Å². The zero-order chi connectivity index (χ0) is 46.2. The van der Waals surface area contributed by atoms with E-state index in [9.17, 15) is 28.8 Å². The molecule has 5 N–H and O–H groups in total. The Morgan fingerprint density at radius 1 is 0.712 bits per heavy atom. The molecule has 0 atom stereocenters. The maximum Gasteiger partial charge on any atom is 0.366 e. The van der Waals surface area contributed by atoms with Gasteiger partial charge in [-0.05, 0) is 63.8 Å². The zero-order valence-corrected chi connectivity index (χ0v) is 39.2. The first-order valence-electron chi connectivity index (χ1n) is 22.2. The predicted octanol–water partition coefficient (Wildman–Crippen LogP) is 8.77. The van der Waals surface area contributed by atoms with Crippen LogP contribution in [0.5, 0.6) is 0 Å². The summed E-state index contributed by atoms with van der Waals surface area (Å²) < 4.78 is 5.13. The van der Waals surface area contributed by atoms with Crippen molar-refractivity contribution in [3.8, 4) is 0 Å². The topological polar surface area (TPSA) is 221 Å². The minimum atomic E-state index is -0.848. The number of carbonyl (C=O) groups is 6. The molecule has 66 heavy (non-hydrogen) atoms. The Morgan fingerprint density at radius 2 is 1.23 bits per heavy atom. The van der Waals surface area contributed by atoms with Gasteiger partial charge in [0, 0.05) is 89.8 Å². The van der Waals surface area contributed by atoms with Crippen LogP contribution in [-0.2, 0) is 21.8 Å². The van der Waals surface area contributed by atoms with Gasteiger partial charge in [0.1, 0.15) is 0 Å². The highest BCUT2D eigenvalue weighted by molar-refractivity contribution is 7.98. The lowest BCUT2D eigenvalue weighted by atomic mass is 9.94. The van der Waals surface area contributed by atoms with Gasteiger partial charge >= 0.3 is 24.0 Å². The summed E-state index contributed by atoms with van der Waals surface area (Å²) >= 11 is 3.98. The molecule has 3 fully saturated rings. The van der Waals surface area contributed by atoms with Crippen molar-refractivity contribution in [3.63, 3.8) is 0 Å². The monoisotopic (exact) mass is 952 g/mol. The number of Topliss-reactive ketones (excluding diaryl/α,β-unsaturated/α-hetero) is 2. The number of thiazole rings is 2. The fourth-order valence-electron chi connectivity index (χ4n) is 8.45. The Hall–Kier alpha value is -5.80. The Morgan fingerprint density at radius 3 is 1.79 bits per heavy atom. The molecule has 346 valence electrons. The molecule has 8 rings (SSSR count). The van der Waals surface area contributed by atoms with Crippen molar-refractivity contribution in [1.29, 1.82) is 0 Å². The number of hydrogen-bond acceptors (Lipinski definition) is 15. The van der Waals surface area contributed by atoms with Crippen LogP contribution in [0.1, 0.15) is 103 Å². The van der Waals surface area contributed by atoms with Crippen molar-refractivity contribution in [2.24, 2.45) is 11.8 Å². The maximum absolute atomic E-state index is 13.2. The van der Waals surface area contributed by atoms with E-state index in [2.05, 4.69) is 46.1 Å². The number of thioether (sulfide) groups is 1. The van der Waals surface area contributed by atoms with Crippen LogP contribution in [0.2, 0.25) is 0 Å². The van der Waals surface area contributed by atoms with E-state index in [0.717, 1.165) is 72.2 Å². The summed E-state index contributed by atoms with van der Waals surface area (Å²) in [5.41, 5.74) is 3.91. The third-order valence-electron chi connectivity index (χ3n) is 11.9. The largest absolute Gasteiger partial charge is 0.387 e. The third-order valence-corrected chi connectivity index (χ3v) is 14.8. The number of hydrogen-bond donors (Lipinski definition) is 5. The molecule has 20 heteroatoms. The molecule has 1 saturated heterocycles. The highest BCUT2D eigenvalue weighted by atomic mass is 32.2. The summed E-state index contributed by atoms with van der Waals surface area (Å²) in [5.74, 6) is -0.943. The molecule has 2 aliphatic carbocycles. The molecule has 2 aromatic carbocycles. The lowest BCUT2D eigenvalue weighted by Gasteiger charge is -2.33. The standard InChI is InChI=1S/C46H52N10O7S3/c1-27-11-13-35(33(19-27)39(58)29-7-3-4-8-29)50-42(61)53-45-47-21-31(65-45)24-55-15-17-56(18-16-55)25-38(57)63-41(60)37-23-49-44(52-37)64-26-32-22-48-46(66-32)54-43(62)51-36-14-12-28(2)20-34(36)40(59)30-9-5-6-10-30/h11-14,19-23,29-30H,3-10,15-18,24-26H2,1-2H3,(H,49,52)(H2,47,50,53,61)(H2,48,51,54,62). The van der Waals surface area contributed by atoms with Crippen LogP contribution in [0, 0.1) is 25.7 Å². The van der Waals surface area contributed by atoms with E-state index in [4.69, 9.17) is 4.74 Å². The summed E-state index contributed by atoms with van der Waals surface area (Å²) in [6.45, 7) is 6.95. The molecular formula is C46H52N10O7S3. The number of imidazole rings is 1. The highest BCUT2D eigenvalue weighted by Gasteiger charge is 2.28. The second-order valence-electron chi connectivity index (χ2n) is 16.9. The summed E-state index contributed by atoms with van der Waals surface area (Å²) in [7, 11) is 0. The number of benzene rings is 2. The van der Waals surface area contributed by atoms with E-state index in [0.29, 0.717) is 76.4 Å². The first-order chi connectivity index (χ1) is 31.9. The van der Waals surface area contributed by atoms with Crippen LogP contribution in [0.4, 0.5) is 31.2 Å². The Labute approximate surface area is 394 Å². The average Bonchev–Trinajstić information content (AvgIpc) is 4.16. The molecule has 0 unspecified atom stereocenters. The number of anilines is 4. The fourth-order valence-corrected chi connectivity index (χ4v) is 11.0. The summed E-state index contributed by atoms with van der Waals surface area (Å²) in [6, 6.07) is 9.97. The number of nitrogens with one attached hydrogen (secondary N) is 5. The number of rotatable bonds is 16. The molecular weight excluding hydrogens is 901 g/mol. The number of urea groups is 2. The van der Waals surface area contributed by atoms with Gasteiger partial charge in [-0.2, -0.15) is 0 Å². The van der Waals surface area contributed by atoms with Crippen molar-refractivity contribution in [2.45, 2.75) is 82.7 Å². The lowest BCUT2D eigenvalue weighted by molar-refractivity contribution is -0.139. The number of carbonyl (C=O) groups excluding carboxylic acids is 6. The Balaban J connectivity index is 0.728. The molecule has 3 aromatic heterocycles.